The summed E-state index contributed by atoms with van der Waals surface area (Å²) in [4.78, 5) is 0. The van der Waals surface area contributed by atoms with Crippen molar-refractivity contribution >= 4 is 0 Å². The summed E-state index contributed by atoms with van der Waals surface area (Å²) in [6.45, 7) is 1.27. The average molecular weight is 303 g/mol. The number of benzene rings is 2. The number of hydrogen-bond donors (Lipinski definition) is 1. The van der Waals surface area contributed by atoms with Crippen LogP contribution in [0.3, 0.4) is 0 Å². The molecule has 2 rings (SSSR count). The first-order valence-electron chi connectivity index (χ1n) is 7.04. The highest BCUT2D eigenvalue weighted by Gasteiger charge is 2.06. The number of rotatable bonds is 8. The predicted molar refractivity (Wildman–Crippen MR) is 84.9 cm³/mol. The zero-order chi connectivity index (χ0) is 15.8. The van der Waals surface area contributed by atoms with E-state index in [-0.39, 0.29) is 0 Å². The maximum absolute atomic E-state index is 5.69. The van der Waals surface area contributed by atoms with Crippen LogP contribution in [0.25, 0.3) is 0 Å². The van der Waals surface area contributed by atoms with E-state index in [2.05, 4.69) is 0 Å². The molecule has 0 bridgehead atoms. The highest BCUT2D eigenvalue weighted by Crippen LogP contribution is 2.28. The van der Waals surface area contributed by atoms with E-state index in [1.54, 1.807) is 14.2 Å². The molecular formula is C17H21NO4. The number of ether oxygens (including phenoxy) is 4. The molecule has 0 unspecified atom stereocenters. The lowest BCUT2D eigenvalue weighted by Gasteiger charge is -2.13. The largest absolute Gasteiger partial charge is 0.493 e. The molecule has 118 valence electrons. The predicted octanol–water partition coefficient (Wildman–Crippen LogP) is 2.62. The molecule has 0 spiro atoms. The molecule has 0 aliphatic carbocycles. The highest BCUT2D eigenvalue weighted by molar-refractivity contribution is 5.43. The fourth-order valence-electron chi connectivity index (χ4n) is 2.00. The Morgan fingerprint density at radius 1 is 0.773 bits per heavy atom. The first-order valence-corrected chi connectivity index (χ1v) is 7.04. The maximum Gasteiger partial charge on any atom is 0.161 e. The van der Waals surface area contributed by atoms with Crippen molar-refractivity contribution in [2.24, 2.45) is 5.73 Å². The summed E-state index contributed by atoms with van der Waals surface area (Å²) in [7, 11) is 3.22. The summed E-state index contributed by atoms with van der Waals surface area (Å²) in [5, 5.41) is 0. The molecule has 0 fully saturated rings. The van der Waals surface area contributed by atoms with Crippen LogP contribution in [0.2, 0.25) is 0 Å². The summed E-state index contributed by atoms with van der Waals surface area (Å²) in [5.74, 6) is 2.73. The van der Waals surface area contributed by atoms with Crippen molar-refractivity contribution in [2.75, 3.05) is 27.4 Å². The van der Waals surface area contributed by atoms with Gasteiger partial charge in [-0.1, -0.05) is 18.2 Å². The first kappa shape index (κ1) is 16.0. The summed E-state index contributed by atoms with van der Waals surface area (Å²) in [6, 6.07) is 13.1. The van der Waals surface area contributed by atoms with Crippen LogP contribution in [0.1, 0.15) is 5.56 Å². The second-order valence-electron chi connectivity index (χ2n) is 4.54. The zero-order valence-corrected chi connectivity index (χ0v) is 12.9. The van der Waals surface area contributed by atoms with Crippen molar-refractivity contribution in [3.8, 4) is 23.0 Å². The smallest absolute Gasteiger partial charge is 0.161 e. The van der Waals surface area contributed by atoms with Gasteiger partial charge in [-0.2, -0.15) is 0 Å². The van der Waals surface area contributed by atoms with Crippen molar-refractivity contribution in [3.63, 3.8) is 0 Å². The topological polar surface area (TPSA) is 62.9 Å². The van der Waals surface area contributed by atoms with Crippen LogP contribution in [0, 0.1) is 0 Å². The van der Waals surface area contributed by atoms with E-state index in [1.807, 2.05) is 42.5 Å². The third-order valence-electron chi connectivity index (χ3n) is 3.13. The molecule has 0 aromatic heterocycles. The Hall–Kier alpha value is -2.40. The van der Waals surface area contributed by atoms with E-state index < -0.39 is 0 Å². The van der Waals surface area contributed by atoms with E-state index in [9.17, 15) is 0 Å². The van der Waals surface area contributed by atoms with Gasteiger partial charge in [-0.25, -0.2) is 0 Å². The van der Waals surface area contributed by atoms with E-state index in [0.29, 0.717) is 42.8 Å². The first-order chi connectivity index (χ1) is 10.8. The standard InChI is InChI=1S/C17H21NO4/c1-19-14-5-3-4-6-15(14)21-9-10-22-16-8-7-13(12-18)11-17(16)20-2/h3-8,11H,9-10,12,18H2,1-2H3. The van der Waals surface area contributed by atoms with Gasteiger partial charge in [0.15, 0.2) is 23.0 Å². The fraction of sp³-hybridized carbons (Fsp3) is 0.294. The minimum absolute atomic E-state index is 0.399. The molecule has 0 heterocycles. The fourth-order valence-corrected chi connectivity index (χ4v) is 2.00. The van der Waals surface area contributed by atoms with Crippen LogP contribution in [-0.4, -0.2) is 27.4 Å². The minimum atomic E-state index is 0.399. The number of hydrogen-bond acceptors (Lipinski definition) is 5. The third kappa shape index (κ3) is 4.05. The molecule has 0 saturated carbocycles. The lowest BCUT2D eigenvalue weighted by molar-refractivity contribution is 0.206. The number of methoxy groups -OCH3 is 2. The Kier molecular flexibility index (Phi) is 5.91. The molecule has 0 aliphatic rings. The molecule has 2 aromatic carbocycles. The summed E-state index contributed by atoms with van der Waals surface area (Å²) >= 11 is 0. The SMILES string of the molecule is COc1ccccc1OCCOc1ccc(CN)cc1OC. The lowest BCUT2D eigenvalue weighted by Crippen LogP contribution is -2.10. The highest BCUT2D eigenvalue weighted by atomic mass is 16.5. The van der Waals surface area contributed by atoms with Crippen LogP contribution in [0.4, 0.5) is 0 Å². The Morgan fingerprint density at radius 2 is 1.36 bits per heavy atom. The van der Waals surface area contributed by atoms with Crippen LogP contribution >= 0.6 is 0 Å². The van der Waals surface area contributed by atoms with Crippen LogP contribution in [0.5, 0.6) is 23.0 Å². The van der Waals surface area contributed by atoms with Gasteiger partial charge < -0.3 is 24.7 Å². The second-order valence-corrected chi connectivity index (χ2v) is 4.54. The van der Waals surface area contributed by atoms with Gasteiger partial charge in [-0.05, 0) is 29.8 Å². The Labute approximate surface area is 130 Å². The quantitative estimate of drug-likeness (QED) is 0.760. The van der Waals surface area contributed by atoms with E-state index in [1.165, 1.54) is 0 Å². The average Bonchev–Trinajstić information content (AvgIpc) is 2.59. The maximum atomic E-state index is 5.69. The molecule has 0 atom stereocenters. The molecule has 0 amide bonds. The Bertz CT molecular complexity index is 601. The third-order valence-corrected chi connectivity index (χ3v) is 3.13. The molecule has 22 heavy (non-hydrogen) atoms. The van der Waals surface area contributed by atoms with Gasteiger partial charge in [0.2, 0.25) is 0 Å². The molecule has 2 aromatic rings. The van der Waals surface area contributed by atoms with Gasteiger partial charge in [0.1, 0.15) is 13.2 Å². The van der Waals surface area contributed by atoms with Crippen molar-refractivity contribution in [1.82, 2.24) is 0 Å². The lowest BCUT2D eigenvalue weighted by atomic mass is 10.2. The summed E-state index contributed by atoms with van der Waals surface area (Å²) < 4.78 is 21.9. The van der Waals surface area contributed by atoms with Crippen molar-refractivity contribution < 1.29 is 18.9 Å². The molecule has 2 N–H and O–H groups in total. The van der Waals surface area contributed by atoms with Crippen LogP contribution in [-0.2, 0) is 6.54 Å². The van der Waals surface area contributed by atoms with E-state index in [4.69, 9.17) is 24.7 Å². The van der Waals surface area contributed by atoms with E-state index in [0.717, 1.165) is 5.56 Å². The molecule has 0 saturated heterocycles. The van der Waals surface area contributed by atoms with Crippen LogP contribution < -0.4 is 24.7 Å². The number of para-hydroxylation sites is 2. The minimum Gasteiger partial charge on any atom is -0.493 e. The van der Waals surface area contributed by atoms with Crippen molar-refractivity contribution in [1.29, 1.82) is 0 Å². The molecule has 5 nitrogen and oxygen atoms in total. The van der Waals surface area contributed by atoms with Crippen molar-refractivity contribution in [2.45, 2.75) is 6.54 Å². The van der Waals surface area contributed by atoms with Gasteiger partial charge >= 0.3 is 0 Å². The van der Waals surface area contributed by atoms with Gasteiger partial charge in [0.25, 0.3) is 0 Å². The second kappa shape index (κ2) is 8.14. The van der Waals surface area contributed by atoms with Crippen molar-refractivity contribution in [3.05, 3.63) is 48.0 Å². The van der Waals surface area contributed by atoms with Gasteiger partial charge in [0, 0.05) is 6.54 Å². The van der Waals surface area contributed by atoms with Gasteiger partial charge in [0.05, 0.1) is 14.2 Å². The van der Waals surface area contributed by atoms with E-state index >= 15 is 0 Å². The zero-order valence-electron chi connectivity index (χ0n) is 12.9. The normalized spacial score (nSPS) is 10.1. The Balaban J connectivity index is 1.89. The molecule has 5 heteroatoms. The molecule has 0 aliphatic heterocycles. The van der Waals surface area contributed by atoms with Gasteiger partial charge in [-0.3, -0.25) is 0 Å². The number of nitrogens with two attached hydrogens (primary N) is 1. The monoisotopic (exact) mass is 303 g/mol. The summed E-state index contributed by atoms with van der Waals surface area (Å²) in [5.41, 5.74) is 6.60. The molecular weight excluding hydrogens is 282 g/mol. The molecule has 0 radical (unpaired) electrons. The van der Waals surface area contributed by atoms with Crippen LogP contribution in [0.15, 0.2) is 42.5 Å². The van der Waals surface area contributed by atoms with Gasteiger partial charge in [-0.15, -0.1) is 0 Å². The Morgan fingerprint density at radius 3 is 1.95 bits per heavy atom. The summed E-state index contributed by atoms with van der Waals surface area (Å²) in [6.07, 6.45) is 0.